The Morgan fingerprint density at radius 1 is 0.893 bits per heavy atom. The van der Waals surface area contributed by atoms with Crippen LogP contribution in [0.2, 0.25) is 5.32 Å². The zero-order valence-electron chi connectivity index (χ0n) is 15.5. The predicted octanol–water partition coefficient (Wildman–Crippen LogP) is 3.47. The van der Waals surface area contributed by atoms with Crippen molar-refractivity contribution in [3.05, 3.63) is 96.1 Å². The summed E-state index contributed by atoms with van der Waals surface area (Å²) in [5, 5.41) is 0.729. The maximum atomic E-state index is 12.8. The Labute approximate surface area is 173 Å². The van der Waals surface area contributed by atoms with Crippen molar-refractivity contribution in [1.29, 1.82) is 0 Å². The molecule has 0 spiro atoms. The molecule has 0 aromatic heterocycles. The molecular formula is C23H21NO2SSe. The summed E-state index contributed by atoms with van der Waals surface area (Å²) >= 11 is 0.241. The van der Waals surface area contributed by atoms with Gasteiger partial charge in [-0.2, -0.15) is 0 Å². The summed E-state index contributed by atoms with van der Waals surface area (Å²) < 4.78 is 29.6. The molecule has 0 amide bonds. The van der Waals surface area contributed by atoms with Crippen molar-refractivity contribution < 1.29 is 8.42 Å². The Balaban J connectivity index is 1.78. The minimum absolute atomic E-state index is 0.241. The Kier molecular flexibility index (Phi) is 7.08. The standard InChI is InChI=1S/C23H21NO2SSe/c1-19-14-16-21(17-15-19)27(25,26)24-23(20-9-4-2-5-10-20)13-8-18-28-22-11-6-3-7-12-22/h2-7,9-12,14-17,23-24H,18H2,1H3. The second kappa shape index (κ2) is 9.73. The normalized spacial score (nSPS) is 12.0. The van der Waals surface area contributed by atoms with Gasteiger partial charge in [-0.25, -0.2) is 0 Å². The summed E-state index contributed by atoms with van der Waals surface area (Å²) in [5.74, 6) is 6.29. The average Bonchev–Trinajstić information content (AvgIpc) is 2.72. The van der Waals surface area contributed by atoms with E-state index in [-0.39, 0.29) is 19.9 Å². The summed E-state index contributed by atoms with van der Waals surface area (Å²) in [7, 11) is -3.66. The minimum atomic E-state index is -3.66. The molecule has 0 heterocycles. The van der Waals surface area contributed by atoms with E-state index in [0.29, 0.717) is 0 Å². The number of aryl methyl sites for hydroxylation is 1. The van der Waals surface area contributed by atoms with Crippen molar-refractivity contribution in [2.24, 2.45) is 0 Å². The number of benzene rings is 3. The van der Waals surface area contributed by atoms with Crippen molar-refractivity contribution in [2.75, 3.05) is 0 Å². The molecule has 3 nitrogen and oxygen atoms in total. The first-order valence-electron chi connectivity index (χ1n) is 8.85. The number of rotatable bonds is 6. The topological polar surface area (TPSA) is 46.2 Å². The molecule has 3 aromatic carbocycles. The van der Waals surface area contributed by atoms with Gasteiger partial charge in [0.1, 0.15) is 0 Å². The van der Waals surface area contributed by atoms with Crippen molar-refractivity contribution >= 4 is 29.4 Å². The molecule has 0 bridgehead atoms. The molecule has 0 aliphatic rings. The fourth-order valence-corrected chi connectivity index (χ4v) is 5.09. The maximum absolute atomic E-state index is 12.8. The van der Waals surface area contributed by atoms with Gasteiger partial charge < -0.3 is 0 Å². The number of sulfonamides is 1. The third-order valence-electron chi connectivity index (χ3n) is 4.04. The first-order valence-corrected chi connectivity index (χ1v) is 12.4. The van der Waals surface area contributed by atoms with E-state index in [1.807, 2.05) is 55.5 Å². The summed E-state index contributed by atoms with van der Waals surface area (Å²) in [4.78, 5) is 0.245. The Morgan fingerprint density at radius 3 is 2.14 bits per heavy atom. The van der Waals surface area contributed by atoms with E-state index in [1.54, 1.807) is 24.3 Å². The predicted molar refractivity (Wildman–Crippen MR) is 115 cm³/mol. The first kappa shape index (κ1) is 20.4. The van der Waals surface area contributed by atoms with Crippen LogP contribution in [0.3, 0.4) is 0 Å². The molecule has 0 radical (unpaired) electrons. The van der Waals surface area contributed by atoms with Crippen molar-refractivity contribution in [1.82, 2.24) is 4.72 Å². The molecule has 0 aliphatic carbocycles. The van der Waals surface area contributed by atoms with Crippen LogP contribution in [0, 0.1) is 18.8 Å². The molecule has 0 aliphatic heterocycles. The van der Waals surface area contributed by atoms with Crippen LogP contribution in [0.4, 0.5) is 0 Å². The third-order valence-corrected chi connectivity index (χ3v) is 7.35. The van der Waals surface area contributed by atoms with Gasteiger partial charge in [0.05, 0.1) is 0 Å². The van der Waals surface area contributed by atoms with E-state index in [0.717, 1.165) is 16.4 Å². The molecule has 142 valence electrons. The molecule has 3 rings (SSSR count). The summed E-state index contributed by atoms with van der Waals surface area (Å²) in [6, 6.07) is 25.9. The molecule has 0 saturated carbocycles. The van der Waals surface area contributed by atoms with Crippen LogP contribution in [0.15, 0.2) is 89.8 Å². The monoisotopic (exact) mass is 455 g/mol. The molecule has 1 atom stereocenters. The summed E-state index contributed by atoms with van der Waals surface area (Å²) in [6.45, 7) is 1.93. The van der Waals surface area contributed by atoms with E-state index in [4.69, 9.17) is 0 Å². The molecule has 3 aromatic rings. The van der Waals surface area contributed by atoms with Gasteiger partial charge in [0, 0.05) is 0 Å². The van der Waals surface area contributed by atoms with Gasteiger partial charge in [0.15, 0.2) is 0 Å². The van der Waals surface area contributed by atoms with Crippen molar-refractivity contribution in [3.8, 4) is 11.8 Å². The quantitative estimate of drug-likeness (QED) is 0.458. The fourth-order valence-electron chi connectivity index (χ4n) is 2.55. The Hall–Kier alpha value is -2.35. The van der Waals surface area contributed by atoms with Crippen LogP contribution in [-0.2, 0) is 10.0 Å². The first-order chi connectivity index (χ1) is 13.5. The SMILES string of the molecule is Cc1ccc(S(=O)(=O)NC(C#CC[Se]c2ccccc2)c2ccccc2)cc1. The number of nitrogens with one attached hydrogen (secondary N) is 1. The van der Waals surface area contributed by atoms with Gasteiger partial charge in [-0.3, -0.25) is 0 Å². The van der Waals surface area contributed by atoms with Gasteiger partial charge >= 0.3 is 174 Å². The van der Waals surface area contributed by atoms with Crippen LogP contribution in [0.25, 0.3) is 0 Å². The summed E-state index contributed by atoms with van der Waals surface area (Å²) in [6.07, 6.45) is 0. The summed E-state index contributed by atoms with van der Waals surface area (Å²) in [5.41, 5.74) is 1.85. The van der Waals surface area contributed by atoms with Gasteiger partial charge in [-0.05, 0) is 0 Å². The number of hydrogen-bond acceptors (Lipinski definition) is 2. The van der Waals surface area contributed by atoms with Gasteiger partial charge in [-0.1, -0.05) is 0 Å². The average molecular weight is 454 g/mol. The van der Waals surface area contributed by atoms with Crippen LogP contribution < -0.4 is 9.18 Å². The van der Waals surface area contributed by atoms with Gasteiger partial charge in [0.2, 0.25) is 0 Å². The van der Waals surface area contributed by atoms with Crippen LogP contribution in [0.5, 0.6) is 0 Å². The van der Waals surface area contributed by atoms with E-state index in [9.17, 15) is 8.42 Å². The van der Waals surface area contributed by atoms with E-state index < -0.39 is 16.1 Å². The fraction of sp³-hybridized carbons (Fsp3) is 0.130. The Morgan fingerprint density at radius 2 is 1.50 bits per heavy atom. The number of hydrogen-bond donors (Lipinski definition) is 1. The van der Waals surface area contributed by atoms with Crippen molar-refractivity contribution in [2.45, 2.75) is 23.2 Å². The van der Waals surface area contributed by atoms with Crippen molar-refractivity contribution in [3.63, 3.8) is 0 Å². The molecular weight excluding hydrogens is 433 g/mol. The molecule has 1 N–H and O–H groups in total. The molecule has 1 unspecified atom stereocenters. The van der Waals surface area contributed by atoms with E-state index >= 15 is 0 Å². The van der Waals surface area contributed by atoms with Crippen LogP contribution >= 0.6 is 0 Å². The van der Waals surface area contributed by atoms with E-state index in [2.05, 4.69) is 28.7 Å². The molecule has 0 saturated heterocycles. The van der Waals surface area contributed by atoms with Crippen LogP contribution in [-0.4, -0.2) is 23.4 Å². The molecule has 0 fully saturated rings. The molecule has 28 heavy (non-hydrogen) atoms. The van der Waals surface area contributed by atoms with Gasteiger partial charge in [-0.15, -0.1) is 0 Å². The van der Waals surface area contributed by atoms with Gasteiger partial charge in [0.25, 0.3) is 0 Å². The second-order valence-electron chi connectivity index (χ2n) is 6.20. The van der Waals surface area contributed by atoms with E-state index in [1.165, 1.54) is 4.46 Å². The zero-order chi connectivity index (χ0) is 19.8. The van der Waals surface area contributed by atoms with Crippen LogP contribution in [0.1, 0.15) is 17.2 Å². The Bertz CT molecular complexity index is 1050. The zero-order valence-corrected chi connectivity index (χ0v) is 18.0. The molecule has 5 heteroatoms. The third kappa shape index (κ3) is 5.82. The second-order valence-corrected chi connectivity index (χ2v) is 10.1.